The molecule has 0 saturated carbocycles. The van der Waals surface area contributed by atoms with Crippen molar-refractivity contribution in [2.75, 3.05) is 0 Å². The van der Waals surface area contributed by atoms with Gasteiger partial charge in [0.2, 0.25) is 0 Å². The van der Waals surface area contributed by atoms with Crippen LogP contribution in [0.3, 0.4) is 0 Å². The van der Waals surface area contributed by atoms with Gasteiger partial charge in [-0.15, -0.1) is 0 Å². The molecular formula is C29H20F6N4. The van der Waals surface area contributed by atoms with Gasteiger partial charge in [-0.25, -0.2) is 4.98 Å². The lowest BCUT2D eigenvalue weighted by atomic mass is 9.86. The van der Waals surface area contributed by atoms with Gasteiger partial charge in [0.25, 0.3) is 0 Å². The number of hydrogen-bond acceptors (Lipinski definition) is 3. The molecule has 0 saturated heterocycles. The molecular weight excluding hydrogens is 518 g/mol. The number of pyridine rings is 1. The maximum absolute atomic E-state index is 13.5. The van der Waals surface area contributed by atoms with Crippen LogP contribution in [0, 0.1) is 18.3 Å². The number of rotatable bonds is 3. The molecule has 198 valence electrons. The summed E-state index contributed by atoms with van der Waals surface area (Å²) in [5, 5.41) is 9.96. The lowest BCUT2D eigenvalue weighted by molar-refractivity contribution is -0.143. The van der Waals surface area contributed by atoms with Crippen molar-refractivity contribution in [3.05, 3.63) is 89.4 Å². The van der Waals surface area contributed by atoms with Crippen molar-refractivity contribution in [1.82, 2.24) is 14.5 Å². The Morgan fingerprint density at radius 3 is 1.92 bits per heavy atom. The zero-order chi connectivity index (χ0) is 28.3. The molecule has 2 aromatic heterocycles. The van der Waals surface area contributed by atoms with E-state index in [2.05, 4.69) is 16.0 Å². The zero-order valence-electron chi connectivity index (χ0n) is 20.9. The summed E-state index contributed by atoms with van der Waals surface area (Å²) in [7, 11) is 0. The molecule has 0 aliphatic heterocycles. The third-order valence-electron chi connectivity index (χ3n) is 6.70. The van der Waals surface area contributed by atoms with Crippen LogP contribution in [0.2, 0.25) is 0 Å². The molecule has 0 aliphatic carbocycles. The largest absolute Gasteiger partial charge is 0.416 e. The summed E-state index contributed by atoms with van der Waals surface area (Å²) in [6.45, 7) is 5.39. The maximum Gasteiger partial charge on any atom is 0.416 e. The number of nitrogens with zero attached hydrogens (tertiary/aromatic N) is 4. The molecule has 2 heterocycles. The quantitative estimate of drug-likeness (QED) is 0.217. The lowest BCUT2D eigenvalue weighted by Crippen LogP contribution is -2.13. The fourth-order valence-electron chi connectivity index (χ4n) is 4.58. The fraction of sp³-hybridized carbons (Fsp3) is 0.207. The fourth-order valence-corrected chi connectivity index (χ4v) is 4.58. The molecule has 0 atom stereocenters. The molecule has 0 aliphatic rings. The number of alkyl halides is 6. The Morgan fingerprint density at radius 2 is 1.36 bits per heavy atom. The van der Waals surface area contributed by atoms with E-state index in [1.54, 1.807) is 33.0 Å². The number of imidazole rings is 1. The second kappa shape index (κ2) is 8.83. The SMILES string of the molecule is Cc1nc2cnc3ccc(-c4cc(C(F)(F)F)cc(C(F)(F)F)c4)cc3c2n1-c1ccc(C(C)(C)C#N)cc1. The minimum Gasteiger partial charge on any atom is -0.296 e. The Balaban J connectivity index is 1.74. The van der Waals surface area contributed by atoms with Gasteiger partial charge >= 0.3 is 12.4 Å². The van der Waals surface area contributed by atoms with Crippen molar-refractivity contribution in [2.45, 2.75) is 38.5 Å². The number of benzene rings is 3. The van der Waals surface area contributed by atoms with Crippen LogP contribution in [-0.4, -0.2) is 14.5 Å². The second-order valence-electron chi connectivity index (χ2n) is 9.80. The summed E-state index contributed by atoms with van der Waals surface area (Å²) in [5.74, 6) is 0.607. The normalized spacial score (nSPS) is 12.7. The van der Waals surface area contributed by atoms with Gasteiger partial charge in [-0.3, -0.25) is 9.55 Å². The zero-order valence-corrected chi connectivity index (χ0v) is 20.9. The summed E-state index contributed by atoms with van der Waals surface area (Å²) in [6, 6.07) is 15.7. The number of aryl methyl sites for hydroxylation is 1. The number of halogens is 6. The average molecular weight is 538 g/mol. The van der Waals surface area contributed by atoms with Crippen LogP contribution < -0.4 is 0 Å². The first-order valence-corrected chi connectivity index (χ1v) is 11.8. The number of nitriles is 1. The van der Waals surface area contributed by atoms with E-state index < -0.39 is 28.9 Å². The summed E-state index contributed by atoms with van der Waals surface area (Å²) >= 11 is 0. The van der Waals surface area contributed by atoms with Crippen molar-refractivity contribution in [3.8, 4) is 22.9 Å². The number of fused-ring (bicyclic) bond motifs is 3. The monoisotopic (exact) mass is 538 g/mol. The molecule has 0 bridgehead atoms. The topological polar surface area (TPSA) is 54.5 Å². The third kappa shape index (κ3) is 4.69. The molecule has 39 heavy (non-hydrogen) atoms. The van der Waals surface area contributed by atoms with Gasteiger partial charge in [-0.05, 0) is 79.9 Å². The Morgan fingerprint density at radius 1 is 0.744 bits per heavy atom. The van der Waals surface area contributed by atoms with Crippen molar-refractivity contribution in [3.63, 3.8) is 0 Å². The van der Waals surface area contributed by atoms with E-state index in [4.69, 9.17) is 0 Å². The number of hydrogen-bond donors (Lipinski definition) is 0. The first-order valence-electron chi connectivity index (χ1n) is 11.8. The van der Waals surface area contributed by atoms with E-state index >= 15 is 0 Å². The van der Waals surface area contributed by atoms with Gasteiger partial charge in [0.1, 0.15) is 11.3 Å². The average Bonchev–Trinajstić information content (AvgIpc) is 3.23. The lowest BCUT2D eigenvalue weighted by Gasteiger charge is -2.17. The summed E-state index contributed by atoms with van der Waals surface area (Å²) < 4.78 is 82.7. The first-order chi connectivity index (χ1) is 18.2. The van der Waals surface area contributed by atoms with E-state index in [-0.39, 0.29) is 17.2 Å². The van der Waals surface area contributed by atoms with Gasteiger partial charge in [0.05, 0.1) is 39.8 Å². The summed E-state index contributed by atoms with van der Waals surface area (Å²) in [6.07, 6.45) is -8.34. The standard InChI is InChI=1S/C29H20F6N4/c1-16-38-25-14-37-24-9-4-17(18-10-20(28(30,31)32)13-21(11-18)29(33,34)35)12-23(24)26(25)39(16)22-7-5-19(6-8-22)27(2,3)15-36/h4-14H,1-3H3. The predicted molar refractivity (Wildman–Crippen MR) is 135 cm³/mol. The molecule has 0 unspecified atom stereocenters. The third-order valence-corrected chi connectivity index (χ3v) is 6.70. The van der Waals surface area contributed by atoms with Crippen molar-refractivity contribution >= 4 is 21.9 Å². The Hall–Kier alpha value is -4.39. The Kier molecular flexibility index (Phi) is 5.94. The van der Waals surface area contributed by atoms with E-state index in [0.29, 0.717) is 39.9 Å². The highest BCUT2D eigenvalue weighted by Crippen LogP contribution is 2.40. The van der Waals surface area contributed by atoms with Gasteiger partial charge in [-0.2, -0.15) is 31.6 Å². The van der Waals surface area contributed by atoms with Crippen molar-refractivity contribution in [2.24, 2.45) is 0 Å². The Bertz CT molecular complexity index is 1740. The predicted octanol–water partition coefficient (Wildman–Crippen LogP) is 8.39. The van der Waals surface area contributed by atoms with E-state index in [1.807, 2.05) is 28.8 Å². The van der Waals surface area contributed by atoms with Crippen LogP contribution in [0.5, 0.6) is 0 Å². The summed E-state index contributed by atoms with van der Waals surface area (Å²) in [4.78, 5) is 8.96. The van der Waals surface area contributed by atoms with Crippen molar-refractivity contribution in [1.29, 1.82) is 5.26 Å². The Labute approximate surface area is 219 Å². The van der Waals surface area contributed by atoms with Crippen LogP contribution in [-0.2, 0) is 17.8 Å². The molecule has 5 rings (SSSR count). The van der Waals surface area contributed by atoms with Gasteiger partial charge in [0.15, 0.2) is 0 Å². The van der Waals surface area contributed by atoms with E-state index in [9.17, 15) is 31.6 Å². The van der Waals surface area contributed by atoms with Crippen LogP contribution in [0.4, 0.5) is 26.3 Å². The maximum atomic E-state index is 13.5. The van der Waals surface area contributed by atoms with Crippen LogP contribution >= 0.6 is 0 Å². The van der Waals surface area contributed by atoms with Crippen LogP contribution in [0.15, 0.2) is 66.9 Å². The van der Waals surface area contributed by atoms with E-state index in [1.165, 1.54) is 12.1 Å². The highest BCUT2D eigenvalue weighted by molar-refractivity contribution is 6.04. The number of aromatic nitrogens is 3. The summed E-state index contributed by atoms with van der Waals surface area (Å²) in [5.41, 5.74) is -0.359. The molecule has 4 nitrogen and oxygen atoms in total. The molecule has 10 heteroatoms. The van der Waals surface area contributed by atoms with E-state index in [0.717, 1.165) is 11.3 Å². The van der Waals surface area contributed by atoms with Crippen molar-refractivity contribution < 1.29 is 26.3 Å². The first kappa shape index (κ1) is 26.2. The van der Waals surface area contributed by atoms with Crippen LogP contribution in [0.25, 0.3) is 38.8 Å². The van der Waals surface area contributed by atoms with Gasteiger partial charge in [0, 0.05) is 11.1 Å². The molecule has 0 amide bonds. The second-order valence-corrected chi connectivity index (χ2v) is 9.80. The van der Waals surface area contributed by atoms with Gasteiger partial charge in [-0.1, -0.05) is 18.2 Å². The molecule has 0 fully saturated rings. The highest BCUT2D eigenvalue weighted by Gasteiger charge is 2.37. The minimum atomic E-state index is -4.95. The molecule has 3 aromatic carbocycles. The molecule has 0 N–H and O–H groups in total. The van der Waals surface area contributed by atoms with Crippen LogP contribution in [0.1, 0.15) is 36.4 Å². The smallest absolute Gasteiger partial charge is 0.296 e. The minimum absolute atomic E-state index is 0.111. The highest BCUT2D eigenvalue weighted by atomic mass is 19.4. The van der Waals surface area contributed by atoms with Gasteiger partial charge < -0.3 is 0 Å². The molecule has 0 radical (unpaired) electrons. The molecule has 5 aromatic rings. The molecule has 0 spiro atoms.